The highest BCUT2D eigenvalue weighted by atomic mass is 35.5. The summed E-state index contributed by atoms with van der Waals surface area (Å²) >= 11 is 6.13. The maximum Gasteiger partial charge on any atom is 0.255 e. The molecule has 1 atom stereocenters. The van der Waals surface area contributed by atoms with Crippen molar-refractivity contribution in [2.45, 2.75) is 13.0 Å². The van der Waals surface area contributed by atoms with Gasteiger partial charge in [0.1, 0.15) is 11.8 Å². The molecular formula is C24H20ClN5O3. The zero-order valence-electron chi connectivity index (χ0n) is 17.9. The summed E-state index contributed by atoms with van der Waals surface area (Å²) in [6.45, 7) is 1.84. The van der Waals surface area contributed by atoms with E-state index in [4.69, 9.17) is 20.8 Å². The Balaban J connectivity index is 1.60. The molecule has 4 aromatic rings. The number of fused-ring (bicyclic) bond motifs is 1. The molecule has 1 unspecified atom stereocenters. The normalized spacial score (nSPS) is 15.1. The SMILES string of the molecule is COc1ccccc1NC(=O)C1=C(C)Nc2nc(-c3ccco3)nn2C1c1ccc(Cl)cc1. The first-order valence-electron chi connectivity index (χ1n) is 10.2. The van der Waals surface area contributed by atoms with Crippen LogP contribution in [0.2, 0.25) is 5.02 Å². The lowest BCUT2D eigenvalue weighted by molar-refractivity contribution is -0.113. The van der Waals surface area contributed by atoms with Crippen LogP contribution in [0.25, 0.3) is 11.6 Å². The van der Waals surface area contributed by atoms with Gasteiger partial charge >= 0.3 is 0 Å². The summed E-state index contributed by atoms with van der Waals surface area (Å²) in [5.74, 6) is 1.74. The highest BCUT2D eigenvalue weighted by Gasteiger charge is 2.35. The Hall–Kier alpha value is -4.04. The van der Waals surface area contributed by atoms with E-state index in [9.17, 15) is 4.79 Å². The summed E-state index contributed by atoms with van der Waals surface area (Å²) in [6.07, 6.45) is 1.56. The third-order valence-electron chi connectivity index (χ3n) is 5.38. The molecule has 1 amide bonds. The number of rotatable bonds is 5. The van der Waals surface area contributed by atoms with Crippen LogP contribution >= 0.6 is 11.6 Å². The van der Waals surface area contributed by atoms with Crippen LogP contribution in [-0.2, 0) is 4.79 Å². The molecule has 8 nitrogen and oxygen atoms in total. The largest absolute Gasteiger partial charge is 0.495 e. The number of allylic oxidation sites excluding steroid dienone is 1. The Bertz CT molecular complexity index is 1340. The van der Waals surface area contributed by atoms with Crippen LogP contribution in [-0.4, -0.2) is 27.8 Å². The molecule has 2 aromatic carbocycles. The van der Waals surface area contributed by atoms with E-state index in [-0.39, 0.29) is 5.91 Å². The second-order valence-corrected chi connectivity index (χ2v) is 7.89. The Kier molecular flexibility index (Phi) is 5.35. The van der Waals surface area contributed by atoms with E-state index >= 15 is 0 Å². The van der Waals surface area contributed by atoms with Crippen LogP contribution in [0.15, 0.2) is 82.6 Å². The van der Waals surface area contributed by atoms with Crippen molar-refractivity contribution < 1.29 is 13.9 Å². The predicted octanol–water partition coefficient (Wildman–Crippen LogP) is 5.13. The molecule has 0 aliphatic carbocycles. The summed E-state index contributed by atoms with van der Waals surface area (Å²) in [5.41, 5.74) is 2.56. The molecule has 166 valence electrons. The van der Waals surface area contributed by atoms with Crippen molar-refractivity contribution in [1.29, 1.82) is 0 Å². The van der Waals surface area contributed by atoms with Crippen LogP contribution in [0.3, 0.4) is 0 Å². The number of ether oxygens (including phenoxy) is 1. The molecule has 5 rings (SSSR count). The van der Waals surface area contributed by atoms with E-state index in [1.165, 1.54) is 0 Å². The van der Waals surface area contributed by atoms with Crippen molar-refractivity contribution in [2.75, 3.05) is 17.7 Å². The molecule has 33 heavy (non-hydrogen) atoms. The third-order valence-corrected chi connectivity index (χ3v) is 5.63. The molecule has 0 bridgehead atoms. The first-order valence-corrected chi connectivity index (χ1v) is 10.6. The Labute approximate surface area is 194 Å². The zero-order valence-corrected chi connectivity index (χ0v) is 18.6. The summed E-state index contributed by atoms with van der Waals surface area (Å²) in [7, 11) is 1.56. The third kappa shape index (κ3) is 3.85. The van der Waals surface area contributed by atoms with Gasteiger partial charge in [0, 0.05) is 10.7 Å². The van der Waals surface area contributed by atoms with Gasteiger partial charge in [0.2, 0.25) is 11.8 Å². The quantitative estimate of drug-likeness (QED) is 0.428. The smallest absolute Gasteiger partial charge is 0.255 e. The van der Waals surface area contributed by atoms with E-state index in [2.05, 4.69) is 20.7 Å². The van der Waals surface area contributed by atoms with Crippen molar-refractivity contribution in [3.63, 3.8) is 0 Å². The van der Waals surface area contributed by atoms with Gasteiger partial charge in [-0.25, -0.2) is 4.68 Å². The molecule has 2 aromatic heterocycles. The number of methoxy groups -OCH3 is 1. The van der Waals surface area contributed by atoms with Crippen molar-refractivity contribution in [3.05, 3.63) is 88.8 Å². The second-order valence-electron chi connectivity index (χ2n) is 7.45. The minimum absolute atomic E-state index is 0.287. The number of amides is 1. The fourth-order valence-electron chi connectivity index (χ4n) is 3.85. The number of para-hydroxylation sites is 2. The summed E-state index contributed by atoms with van der Waals surface area (Å²) in [4.78, 5) is 18.1. The Morgan fingerprint density at radius 3 is 2.67 bits per heavy atom. The van der Waals surface area contributed by atoms with E-state index in [0.29, 0.717) is 45.3 Å². The van der Waals surface area contributed by atoms with Gasteiger partial charge in [-0.2, -0.15) is 4.98 Å². The zero-order chi connectivity index (χ0) is 22.9. The highest BCUT2D eigenvalue weighted by Crippen LogP contribution is 2.37. The van der Waals surface area contributed by atoms with E-state index in [1.807, 2.05) is 31.2 Å². The van der Waals surface area contributed by atoms with Gasteiger partial charge in [0.25, 0.3) is 5.91 Å². The van der Waals surface area contributed by atoms with Crippen LogP contribution < -0.4 is 15.4 Å². The maximum atomic E-state index is 13.6. The van der Waals surface area contributed by atoms with Gasteiger partial charge < -0.3 is 19.8 Å². The number of furan rings is 1. The standard InChI is InChI=1S/C24H20ClN5O3/c1-14-20(23(31)27-17-6-3-4-7-18(17)32-2)21(15-9-11-16(25)12-10-15)30-24(26-14)28-22(29-30)19-8-5-13-33-19/h3-13,21H,1-2H3,(H,27,31)(H,26,28,29). The van der Waals surface area contributed by atoms with Crippen molar-refractivity contribution >= 4 is 29.1 Å². The fraction of sp³-hybridized carbons (Fsp3) is 0.125. The van der Waals surface area contributed by atoms with Gasteiger partial charge in [0.15, 0.2) is 5.76 Å². The Morgan fingerprint density at radius 2 is 1.94 bits per heavy atom. The van der Waals surface area contributed by atoms with E-state index in [0.717, 1.165) is 5.56 Å². The number of hydrogen-bond acceptors (Lipinski definition) is 6. The molecule has 3 heterocycles. The molecule has 1 aliphatic heterocycles. The topological polar surface area (TPSA) is 94.2 Å². The number of halogens is 1. The molecule has 0 saturated heterocycles. The number of nitrogens with one attached hydrogen (secondary N) is 2. The van der Waals surface area contributed by atoms with Gasteiger partial charge in [0.05, 0.1) is 24.6 Å². The predicted molar refractivity (Wildman–Crippen MR) is 125 cm³/mol. The molecule has 1 aliphatic rings. The summed E-state index contributed by atoms with van der Waals surface area (Å²) in [5, 5.41) is 11.4. The van der Waals surface area contributed by atoms with Gasteiger partial charge in [-0.3, -0.25) is 4.79 Å². The van der Waals surface area contributed by atoms with Crippen LogP contribution in [0.4, 0.5) is 11.6 Å². The highest BCUT2D eigenvalue weighted by molar-refractivity contribution is 6.30. The van der Waals surface area contributed by atoms with Gasteiger partial charge in [-0.05, 0) is 48.9 Å². The lowest BCUT2D eigenvalue weighted by Crippen LogP contribution is -2.31. The lowest BCUT2D eigenvalue weighted by atomic mass is 9.95. The van der Waals surface area contributed by atoms with Gasteiger partial charge in [-0.1, -0.05) is 35.9 Å². The van der Waals surface area contributed by atoms with Crippen molar-refractivity contribution in [1.82, 2.24) is 14.8 Å². The van der Waals surface area contributed by atoms with Crippen molar-refractivity contribution in [3.8, 4) is 17.3 Å². The first kappa shape index (κ1) is 20.8. The number of aromatic nitrogens is 3. The molecule has 2 N–H and O–H groups in total. The Morgan fingerprint density at radius 1 is 1.15 bits per heavy atom. The number of carbonyl (C=O) groups is 1. The summed E-state index contributed by atoms with van der Waals surface area (Å²) in [6, 6.07) is 17.6. The number of hydrogen-bond donors (Lipinski definition) is 2. The number of benzene rings is 2. The monoisotopic (exact) mass is 461 g/mol. The average molecular weight is 462 g/mol. The van der Waals surface area contributed by atoms with Crippen LogP contribution in [0.1, 0.15) is 18.5 Å². The molecule has 0 saturated carbocycles. The molecule has 0 spiro atoms. The second kappa shape index (κ2) is 8.48. The molecule has 0 fully saturated rings. The van der Waals surface area contributed by atoms with Gasteiger partial charge in [-0.15, -0.1) is 5.10 Å². The summed E-state index contributed by atoms with van der Waals surface area (Å²) < 4.78 is 12.5. The lowest BCUT2D eigenvalue weighted by Gasteiger charge is -2.28. The minimum atomic E-state index is -0.538. The fourth-order valence-corrected chi connectivity index (χ4v) is 3.97. The molecular weight excluding hydrogens is 442 g/mol. The molecule has 0 radical (unpaired) electrons. The number of nitrogens with zero attached hydrogens (tertiary/aromatic N) is 3. The van der Waals surface area contributed by atoms with E-state index in [1.54, 1.807) is 54.5 Å². The minimum Gasteiger partial charge on any atom is -0.495 e. The van der Waals surface area contributed by atoms with Crippen LogP contribution in [0.5, 0.6) is 5.75 Å². The maximum absolute atomic E-state index is 13.6. The van der Waals surface area contributed by atoms with Crippen molar-refractivity contribution in [2.24, 2.45) is 0 Å². The van der Waals surface area contributed by atoms with E-state index < -0.39 is 6.04 Å². The average Bonchev–Trinajstić information content (AvgIpc) is 3.49. The first-order chi connectivity index (χ1) is 16.0. The number of anilines is 2. The number of carbonyl (C=O) groups excluding carboxylic acids is 1. The molecule has 9 heteroatoms. The van der Waals surface area contributed by atoms with Crippen LogP contribution in [0, 0.1) is 0 Å².